The van der Waals surface area contributed by atoms with Gasteiger partial charge in [-0.25, -0.2) is 0 Å². The summed E-state index contributed by atoms with van der Waals surface area (Å²) in [6, 6.07) is 8.03. The smallest absolute Gasteiger partial charge is 0.227 e. The number of amides is 2. The van der Waals surface area contributed by atoms with Crippen molar-refractivity contribution in [2.45, 2.75) is 51.9 Å². The van der Waals surface area contributed by atoms with E-state index in [0.717, 1.165) is 24.0 Å². The standard InChI is InChI=1S/C22H33N3O2/c1-18-7-3-4-8-19(18)15-20(26)24-11-13-25(14-12-24)21(27)16-22(17-23)9-5-2-6-10-22/h3-4,7-8H,2,5-6,9-17,23H2,1H3. The molecule has 0 radical (unpaired) electrons. The molecule has 0 atom stereocenters. The van der Waals surface area contributed by atoms with E-state index in [2.05, 4.69) is 0 Å². The van der Waals surface area contributed by atoms with E-state index >= 15 is 0 Å². The van der Waals surface area contributed by atoms with Crippen LogP contribution < -0.4 is 5.73 Å². The summed E-state index contributed by atoms with van der Waals surface area (Å²) in [6.45, 7) is 5.18. The summed E-state index contributed by atoms with van der Waals surface area (Å²) in [5.74, 6) is 0.371. The predicted molar refractivity (Wildman–Crippen MR) is 107 cm³/mol. The third kappa shape index (κ3) is 4.89. The van der Waals surface area contributed by atoms with Gasteiger partial charge in [0.1, 0.15) is 0 Å². The van der Waals surface area contributed by atoms with Gasteiger partial charge in [0.15, 0.2) is 0 Å². The predicted octanol–water partition coefficient (Wildman–Crippen LogP) is 2.51. The van der Waals surface area contributed by atoms with Gasteiger partial charge in [0.25, 0.3) is 0 Å². The van der Waals surface area contributed by atoms with Gasteiger partial charge in [-0.05, 0) is 42.9 Å². The summed E-state index contributed by atoms with van der Waals surface area (Å²) >= 11 is 0. The number of benzene rings is 1. The highest BCUT2D eigenvalue weighted by molar-refractivity contribution is 5.80. The van der Waals surface area contributed by atoms with Crippen LogP contribution in [0, 0.1) is 12.3 Å². The topological polar surface area (TPSA) is 66.6 Å². The van der Waals surface area contributed by atoms with Gasteiger partial charge in [0, 0.05) is 32.6 Å². The van der Waals surface area contributed by atoms with Crippen molar-refractivity contribution < 1.29 is 9.59 Å². The fourth-order valence-corrected chi connectivity index (χ4v) is 4.48. The molecule has 2 fully saturated rings. The number of carbonyl (C=O) groups excluding carboxylic acids is 2. The first-order valence-corrected chi connectivity index (χ1v) is 10.3. The van der Waals surface area contributed by atoms with Crippen LogP contribution >= 0.6 is 0 Å². The molecule has 2 amide bonds. The highest BCUT2D eigenvalue weighted by Gasteiger charge is 2.35. The lowest BCUT2D eigenvalue weighted by Gasteiger charge is -2.39. The van der Waals surface area contributed by atoms with Crippen molar-refractivity contribution in [2.24, 2.45) is 11.1 Å². The number of rotatable bonds is 5. The van der Waals surface area contributed by atoms with Crippen molar-refractivity contribution in [1.29, 1.82) is 0 Å². The molecule has 1 saturated heterocycles. The fraction of sp³-hybridized carbons (Fsp3) is 0.636. The Bertz CT molecular complexity index is 659. The van der Waals surface area contributed by atoms with Gasteiger partial charge >= 0.3 is 0 Å². The number of carbonyl (C=O) groups is 2. The van der Waals surface area contributed by atoms with Gasteiger partial charge < -0.3 is 15.5 Å². The van der Waals surface area contributed by atoms with Crippen LogP contribution in [0.2, 0.25) is 0 Å². The molecular weight excluding hydrogens is 338 g/mol. The van der Waals surface area contributed by atoms with Gasteiger partial charge in [-0.3, -0.25) is 9.59 Å². The van der Waals surface area contributed by atoms with Crippen LogP contribution in [0.15, 0.2) is 24.3 Å². The lowest BCUT2D eigenvalue weighted by atomic mass is 9.71. The largest absolute Gasteiger partial charge is 0.339 e. The minimum Gasteiger partial charge on any atom is -0.339 e. The first-order chi connectivity index (χ1) is 13.0. The van der Waals surface area contributed by atoms with Crippen LogP contribution in [-0.4, -0.2) is 54.3 Å². The summed E-state index contributed by atoms with van der Waals surface area (Å²) in [4.78, 5) is 29.3. The SMILES string of the molecule is Cc1ccccc1CC(=O)N1CCN(C(=O)CC2(CN)CCCCC2)CC1. The molecule has 0 aromatic heterocycles. The molecule has 148 valence electrons. The first kappa shape index (κ1) is 19.9. The second kappa shape index (κ2) is 8.87. The molecule has 0 bridgehead atoms. The molecule has 2 aliphatic rings. The van der Waals surface area contributed by atoms with Crippen LogP contribution in [0.25, 0.3) is 0 Å². The van der Waals surface area contributed by atoms with E-state index in [-0.39, 0.29) is 17.2 Å². The molecule has 1 aliphatic carbocycles. The highest BCUT2D eigenvalue weighted by Crippen LogP contribution is 2.38. The molecule has 5 heteroatoms. The zero-order chi connectivity index (χ0) is 19.3. The monoisotopic (exact) mass is 371 g/mol. The molecule has 0 spiro atoms. The van der Waals surface area contributed by atoms with Crippen LogP contribution in [0.5, 0.6) is 0 Å². The van der Waals surface area contributed by atoms with Crippen LogP contribution in [0.1, 0.15) is 49.7 Å². The minimum atomic E-state index is 0.00707. The van der Waals surface area contributed by atoms with Crippen molar-refractivity contribution in [2.75, 3.05) is 32.7 Å². The van der Waals surface area contributed by atoms with Gasteiger partial charge in [-0.2, -0.15) is 0 Å². The second-order valence-electron chi connectivity index (χ2n) is 8.31. The van der Waals surface area contributed by atoms with Gasteiger partial charge in [0.2, 0.25) is 11.8 Å². The summed E-state index contributed by atoms with van der Waals surface area (Å²) in [7, 11) is 0. The molecule has 27 heavy (non-hydrogen) atoms. The van der Waals surface area contributed by atoms with Gasteiger partial charge in [0.05, 0.1) is 6.42 Å². The number of hydrogen-bond acceptors (Lipinski definition) is 3. The maximum atomic E-state index is 12.8. The second-order valence-corrected chi connectivity index (χ2v) is 8.31. The fourth-order valence-electron chi connectivity index (χ4n) is 4.48. The number of piperazine rings is 1. The Kier molecular flexibility index (Phi) is 6.53. The van der Waals surface area contributed by atoms with E-state index in [1.165, 1.54) is 19.3 Å². The molecule has 1 saturated carbocycles. The number of aryl methyl sites for hydroxylation is 1. The van der Waals surface area contributed by atoms with Gasteiger partial charge in [-0.1, -0.05) is 43.5 Å². The lowest BCUT2D eigenvalue weighted by Crippen LogP contribution is -2.52. The summed E-state index contributed by atoms with van der Waals surface area (Å²) in [5.41, 5.74) is 8.29. The maximum Gasteiger partial charge on any atom is 0.227 e. The maximum absolute atomic E-state index is 12.8. The molecule has 3 rings (SSSR count). The van der Waals surface area contributed by atoms with Gasteiger partial charge in [-0.15, -0.1) is 0 Å². The normalized spacial score (nSPS) is 19.8. The van der Waals surface area contributed by atoms with Crippen LogP contribution in [0.3, 0.4) is 0 Å². The molecule has 2 N–H and O–H groups in total. The van der Waals surface area contributed by atoms with E-state index in [0.29, 0.717) is 45.6 Å². The zero-order valence-corrected chi connectivity index (χ0v) is 16.6. The Balaban J connectivity index is 1.50. The Labute approximate surface area is 162 Å². The molecule has 1 heterocycles. The Morgan fingerprint density at radius 3 is 2.15 bits per heavy atom. The Hall–Kier alpha value is -1.88. The quantitative estimate of drug-likeness (QED) is 0.865. The third-order valence-corrected chi connectivity index (χ3v) is 6.46. The van der Waals surface area contributed by atoms with Crippen molar-refractivity contribution >= 4 is 11.8 Å². The summed E-state index contributed by atoms with van der Waals surface area (Å²) in [5, 5.41) is 0. The average Bonchev–Trinajstić information content (AvgIpc) is 2.70. The minimum absolute atomic E-state index is 0.00707. The van der Waals surface area contributed by atoms with E-state index in [1.807, 2.05) is 41.0 Å². The lowest BCUT2D eigenvalue weighted by molar-refractivity contribution is -0.141. The summed E-state index contributed by atoms with van der Waals surface area (Å²) in [6.07, 6.45) is 6.79. The average molecular weight is 372 g/mol. The first-order valence-electron chi connectivity index (χ1n) is 10.3. The van der Waals surface area contributed by atoms with Crippen molar-refractivity contribution in [1.82, 2.24) is 9.80 Å². The highest BCUT2D eigenvalue weighted by atomic mass is 16.2. The van der Waals surface area contributed by atoms with Crippen molar-refractivity contribution in [3.8, 4) is 0 Å². The van der Waals surface area contributed by atoms with E-state index in [9.17, 15) is 9.59 Å². The molecule has 5 nitrogen and oxygen atoms in total. The third-order valence-electron chi connectivity index (χ3n) is 6.46. The van der Waals surface area contributed by atoms with Crippen molar-refractivity contribution in [3.63, 3.8) is 0 Å². The van der Waals surface area contributed by atoms with Crippen LogP contribution in [-0.2, 0) is 16.0 Å². The van der Waals surface area contributed by atoms with E-state index in [1.54, 1.807) is 0 Å². The molecule has 1 aliphatic heterocycles. The van der Waals surface area contributed by atoms with E-state index in [4.69, 9.17) is 5.73 Å². The number of hydrogen-bond donors (Lipinski definition) is 1. The summed E-state index contributed by atoms with van der Waals surface area (Å²) < 4.78 is 0. The van der Waals surface area contributed by atoms with Crippen molar-refractivity contribution in [3.05, 3.63) is 35.4 Å². The van der Waals surface area contributed by atoms with E-state index < -0.39 is 0 Å². The molecule has 1 aromatic rings. The molecule has 0 unspecified atom stereocenters. The number of nitrogens with zero attached hydrogens (tertiary/aromatic N) is 2. The Morgan fingerprint density at radius 2 is 1.56 bits per heavy atom. The molecule has 1 aromatic carbocycles. The molecular formula is C22H33N3O2. The Morgan fingerprint density at radius 1 is 0.963 bits per heavy atom. The zero-order valence-electron chi connectivity index (χ0n) is 16.6. The number of nitrogens with two attached hydrogens (primary N) is 1. The van der Waals surface area contributed by atoms with Crippen LogP contribution in [0.4, 0.5) is 0 Å².